The van der Waals surface area contributed by atoms with Gasteiger partial charge in [-0.3, -0.25) is 4.79 Å². The molecule has 32 heavy (non-hydrogen) atoms. The smallest absolute Gasteiger partial charge is 0.343 e. The van der Waals surface area contributed by atoms with Gasteiger partial charge in [0.25, 0.3) is 5.91 Å². The van der Waals surface area contributed by atoms with E-state index in [1.54, 1.807) is 60.7 Å². The van der Waals surface area contributed by atoms with E-state index in [1.165, 1.54) is 19.3 Å². The third kappa shape index (κ3) is 5.88. The maximum atomic E-state index is 12.4. The Balaban J connectivity index is 1.69. The first-order valence-electron chi connectivity index (χ1n) is 9.24. The minimum atomic E-state index is -0.633. The van der Waals surface area contributed by atoms with Crippen LogP contribution in [0.1, 0.15) is 15.9 Å². The lowest BCUT2D eigenvalue weighted by Gasteiger charge is -2.07. The molecule has 1 amide bonds. The first kappa shape index (κ1) is 22.9. The number of nitrogens with one attached hydrogen (secondary N) is 1. The van der Waals surface area contributed by atoms with Gasteiger partial charge in [-0.1, -0.05) is 35.3 Å². The van der Waals surface area contributed by atoms with Gasteiger partial charge in [-0.15, -0.1) is 0 Å². The number of nitrogens with zero attached hydrogens (tertiary/aromatic N) is 1. The second-order valence-electron chi connectivity index (χ2n) is 6.44. The highest BCUT2D eigenvalue weighted by Gasteiger charge is 2.13. The van der Waals surface area contributed by atoms with Crippen molar-refractivity contribution in [2.24, 2.45) is 0 Å². The van der Waals surface area contributed by atoms with Gasteiger partial charge in [-0.05, 0) is 66.2 Å². The van der Waals surface area contributed by atoms with Gasteiger partial charge in [0.1, 0.15) is 23.1 Å². The van der Waals surface area contributed by atoms with Crippen molar-refractivity contribution in [3.05, 3.63) is 93.5 Å². The molecule has 3 aromatic carbocycles. The molecule has 0 heterocycles. The lowest BCUT2D eigenvalue weighted by Crippen LogP contribution is -2.13. The fraction of sp³-hybridized carbons (Fsp3) is 0.0417. The number of benzene rings is 3. The summed E-state index contributed by atoms with van der Waals surface area (Å²) in [7, 11) is 1.54. The van der Waals surface area contributed by atoms with Crippen LogP contribution in [-0.2, 0) is 4.79 Å². The van der Waals surface area contributed by atoms with E-state index >= 15 is 0 Å². The standard InChI is InChI=1S/C24H16Cl2N2O4/c1-31-19-9-4-16(5-10-19)24(30)32-20-7-2-15(3-8-20)12-17(14-27)23(29)28-22-13-18(25)6-11-21(22)26/h2-13H,1H3,(H,28,29)/b17-12-. The normalized spacial score (nSPS) is 10.8. The van der Waals surface area contributed by atoms with E-state index in [1.807, 2.05) is 6.07 Å². The molecule has 0 aliphatic carbocycles. The molecule has 0 spiro atoms. The predicted octanol–water partition coefficient (Wildman–Crippen LogP) is 5.77. The van der Waals surface area contributed by atoms with Gasteiger partial charge in [-0.25, -0.2) is 4.79 Å². The summed E-state index contributed by atoms with van der Waals surface area (Å²) in [6, 6.07) is 19.4. The second kappa shape index (κ2) is 10.5. The number of halogens is 2. The second-order valence-corrected chi connectivity index (χ2v) is 7.28. The van der Waals surface area contributed by atoms with Crippen LogP contribution in [0.3, 0.4) is 0 Å². The molecule has 0 radical (unpaired) electrons. The zero-order chi connectivity index (χ0) is 23.1. The summed E-state index contributed by atoms with van der Waals surface area (Å²) >= 11 is 12.0. The van der Waals surface area contributed by atoms with Crippen molar-refractivity contribution < 1.29 is 19.1 Å². The van der Waals surface area contributed by atoms with E-state index in [0.717, 1.165) is 0 Å². The van der Waals surface area contributed by atoms with Crippen LogP contribution >= 0.6 is 23.2 Å². The predicted molar refractivity (Wildman–Crippen MR) is 123 cm³/mol. The lowest BCUT2D eigenvalue weighted by molar-refractivity contribution is -0.112. The average molecular weight is 467 g/mol. The number of nitriles is 1. The summed E-state index contributed by atoms with van der Waals surface area (Å²) in [6.07, 6.45) is 1.41. The van der Waals surface area contributed by atoms with Crippen LogP contribution in [0.15, 0.2) is 72.3 Å². The number of hydrogen-bond acceptors (Lipinski definition) is 5. The molecule has 160 valence electrons. The number of anilines is 1. The van der Waals surface area contributed by atoms with Gasteiger partial charge in [-0.2, -0.15) is 5.26 Å². The van der Waals surface area contributed by atoms with Crippen molar-refractivity contribution in [2.75, 3.05) is 12.4 Å². The molecular formula is C24H16Cl2N2O4. The SMILES string of the molecule is COc1ccc(C(=O)Oc2ccc(/C=C(/C#N)C(=O)Nc3cc(Cl)ccc3Cl)cc2)cc1. The fourth-order valence-corrected chi connectivity index (χ4v) is 2.96. The first-order valence-corrected chi connectivity index (χ1v) is 9.99. The van der Waals surface area contributed by atoms with Crippen molar-refractivity contribution in [2.45, 2.75) is 0 Å². The summed E-state index contributed by atoms with van der Waals surface area (Å²) in [4.78, 5) is 24.7. The molecule has 6 nitrogen and oxygen atoms in total. The van der Waals surface area contributed by atoms with Gasteiger partial charge in [0, 0.05) is 5.02 Å². The Hall–Kier alpha value is -3.79. The van der Waals surface area contributed by atoms with Gasteiger partial charge < -0.3 is 14.8 Å². The molecule has 8 heteroatoms. The summed E-state index contributed by atoms with van der Waals surface area (Å²) in [6.45, 7) is 0. The van der Waals surface area contributed by atoms with Crippen LogP contribution in [0.5, 0.6) is 11.5 Å². The maximum absolute atomic E-state index is 12.4. The van der Waals surface area contributed by atoms with Crippen molar-refractivity contribution in [1.82, 2.24) is 0 Å². The van der Waals surface area contributed by atoms with Gasteiger partial charge in [0.2, 0.25) is 0 Å². The minimum Gasteiger partial charge on any atom is -0.497 e. The topological polar surface area (TPSA) is 88.4 Å². The summed E-state index contributed by atoms with van der Waals surface area (Å²) in [5.74, 6) is -0.206. The molecule has 0 aliphatic heterocycles. The fourth-order valence-electron chi connectivity index (χ4n) is 2.62. The Morgan fingerprint density at radius 2 is 1.62 bits per heavy atom. The summed E-state index contributed by atoms with van der Waals surface area (Å²) in [5, 5.41) is 12.6. The molecule has 1 N–H and O–H groups in total. The minimum absolute atomic E-state index is 0.135. The molecule has 0 fully saturated rings. The Morgan fingerprint density at radius 3 is 2.25 bits per heavy atom. The zero-order valence-electron chi connectivity index (χ0n) is 16.8. The van der Waals surface area contributed by atoms with E-state index in [-0.39, 0.29) is 5.57 Å². The number of hydrogen-bond donors (Lipinski definition) is 1. The number of methoxy groups -OCH3 is 1. The monoisotopic (exact) mass is 466 g/mol. The Kier molecular flexibility index (Phi) is 7.50. The maximum Gasteiger partial charge on any atom is 0.343 e. The highest BCUT2D eigenvalue weighted by molar-refractivity contribution is 6.36. The van der Waals surface area contributed by atoms with Crippen molar-refractivity contribution in [3.8, 4) is 17.6 Å². The number of ether oxygens (including phenoxy) is 2. The molecule has 0 aromatic heterocycles. The molecule has 0 saturated heterocycles. The van der Waals surface area contributed by atoms with Crippen LogP contribution in [0.2, 0.25) is 10.0 Å². The highest BCUT2D eigenvalue weighted by atomic mass is 35.5. The van der Waals surface area contributed by atoms with E-state index in [2.05, 4.69) is 5.32 Å². The van der Waals surface area contributed by atoms with Crippen molar-refractivity contribution >= 4 is 46.8 Å². The average Bonchev–Trinajstić information content (AvgIpc) is 2.80. The third-order valence-electron chi connectivity index (χ3n) is 4.27. The van der Waals surface area contributed by atoms with E-state index in [9.17, 15) is 14.9 Å². The van der Waals surface area contributed by atoms with Crippen LogP contribution < -0.4 is 14.8 Å². The Morgan fingerprint density at radius 1 is 0.969 bits per heavy atom. The number of carbonyl (C=O) groups is 2. The Bertz CT molecular complexity index is 1210. The zero-order valence-corrected chi connectivity index (χ0v) is 18.3. The van der Waals surface area contributed by atoms with Crippen LogP contribution in [-0.4, -0.2) is 19.0 Å². The van der Waals surface area contributed by atoms with Crippen LogP contribution in [0.4, 0.5) is 5.69 Å². The largest absolute Gasteiger partial charge is 0.497 e. The molecule has 3 rings (SSSR count). The first-order chi connectivity index (χ1) is 15.4. The number of esters is 1. The van der Waals surface area contributed by atoms with Crippen LogP contribution in [0.25, 0.3) is 6.08 Å². The van der Waals surface area contributed by atoms with Gasteiger partial charge in [0.15, 0.2) is 0 Å². The van der Waals surface area contributed by atoms with Crippen molar-refractivity contribution in [1.29, 1.82) is 5.26 Å². The van der Waals surface area contributed by atoms with Crippen molar-refractivity contribution in [3.63, 3.8) is 0 Å². The molecule has 3 aromatic rings. The summed E-state index contributed by atoms with van der Waals surface area (Å²) in [5.41, 5.74) is 1.10. The molecule has 0 saturated carbocycles. The molecule has 0 aliphatic rings. The lowest BCUT2D eigenvalue weighted by atomic mass is 10.1. The molecule has 0 bridgehead atoms. The summed E-state index contributed by atoms with van der Waals surface area (Å²) < 4.78 is 10.4. The molecule has 0 atom stereocenters. The third-order valence-corrected chi connectivity index (χ3v) is 4.83. The highest BCUT2D eigenvalue weighted by Crippen LogP contribution is 2.26. The van der Waals surface area contributed by atoms with E-state index in [0.29, 0.717) is 38.4 Å². The number of rotatable bonds is 6. The van der Waals surface area contributed by atoms with Crippen LogP contribution in [0, 0.1) is 11.3 Å². The molecule has 0 unspecified atom stereocenters. The number of carbonyl (C=O) groups excluding carboxylic acids is 2. The molecular weight excluding hydrogens is 451 g/mol. The van der Waals surface area contributed by atoms with Gasteiger partial charge >= 0.3 is 5.97 Å². The Labute approximate surface area is 194 Å². The number of amides is 1. The van der Waals surface area contributed by atoms with E-state index < -0.39 is 11.9 Å². The quantitative estimate of drug-likeness (QED) is 0.215. The van der Waals surface area contributed by atoms with Gasteiger partial charge in [0.05, 0.1) is 23.4 Å². The van der Waals surface area contributed by atoms with E-state index in [4.69, 9.17) is 32.7 Å².